The van der Waals surface area contributed by atoms with Gasteiger partial charge in [-0.3, -0.25) is 0 Å². The number of rotatable bonds is 5. The van der Waals surface area contributed by atoms with Crippen molar-refractivity contribution in [3.05, 3.63) is 54.1 Å². The first-order valence-electron chi connectivity index (χ1n) is 5.91. The van der Waals surface area contributed by atoms with Gasteiger partial charge in [-0.1, -0.05) is 24.3 Å². The lowest BCUT2D eigenvalue weighted by Crippen LogP contribution is -2.29. The van der Waals surface area contributed by atoms with Crippen LogP contribution in [0.4, 0.5) is 0 Å². The standard InChI is InChI=1S/C14H15BO3S/c1-18-13-5-7-14(8-6-13)19-10-11-3-2-4-12(9-11)15(16)17/h2-9,16-17H,10H2,1H3. The normalized spacial score (nSPS) is 10.3. The van der Waals surface area contributed by atoms with Crippen LogP contribution in [0.25, 0.3) is 0 Å². The molecule has 0 saturated carbocycles. The summed E-state index contributed by atoms with van der Waals surface area (Å²) in [5.74, 6) is 1.63. The van der Waals surface area contributed by atoms with Gasteiger partial charge in [-0.2, -0.15) is 0 Å². The lowest BCUT2D eigenvalue weighted by Gasteiger charge is -2.05. The van der Waals surface area contributed by atoms with E-state index in [1.54, 1.807) is 31.0 Å². The third kappa shape index (κ3) is 4.03. The minimum atomic E-state index is -1.41. The Labute approximate surface area is 117 Å². The van der Waals surface area contributed by atoms with Crippen LogP contribution in [0.15, 0.2) is 53.4 Å². The molecule has 0 aliphatic carbocycles. The molecular weight excluding hydrogens is 259 g/mol. The average molecular weight is 274 g/mol. The van der Waals surface area contributed by atoms with E-state index in [0.29, 0.717) is 5.46 Å². The van der Waals surface area contributed by atoms with Crippen LogP contribution in [-0.4, -0.2) is 24.3 Å². The molecule has 2 aromatic rings. The average Bonchev–Trinajstić information content (AvgIpc) is 2.46. The molecule has 0 atom stereocenters. The topological polar surface area (TPSA) is 49.7 Å². The van der Waals surface area contributed by atoms with Gasteiger partial charge >= 0.3 is 7.12 Å². The van der Waals surface area contributed by atoms with Crippen molar-refractivity contribution >= 4 is 24.3 Å². The second-order valence-electron chi connectivity index (χ2n) is 4.08. The second kappa shape index (κ2) is 6.66. The predicted molar refractivity (Wildman–Crippen MR) is 78.8 cm³/mol. The molecular formula is C14H15BO3S. The molecule has 0 aliphatic heterocycles. The lowest BCUT2D eigenvalue weighted by atomic mass is 9.80. The zero-order valence-electron chi connectivity index (χ0n) is 10.6. The highest BCUT2D eigenvalue weighted by molar-refractivity contribution is 7.98. The summed E-state index contributed by atoms with van der Waals surface area (Å²) >= 11 is 1.69. The molecule has 98 valence electrons. The van der Waals surface area contributed by atoms with Gasteiger partial charge in [0.25, 0.3) is 0 Å². The van der Waals surface area contributed by atoms with E-state index < -0.39 is 7.12 Å². The molecule has 2 N–H and O–H groups in total. The summed E-state index contributed by atoms with van der Waals surface area (Å²) in [5, 5.41) is 18.3. The molecule has 0 bridgehead atoms. The van der Waals surface area contributed by atoms with Crippen molar-refractivity contribution in [1.82, 2.24) is 0 Å². The molecule has 0 fully saturated rings. The van der Waals surface area contributed by atoms with Crippen molar-refractivity contribution in [1.29, 1.82) is 0 Å². The SMILES string of the molecule is COc1ccc(SCc2cccc(B(O)O)c2)cc1. The third-order valence-corrected chi connectivity index (χ3v) is 3.80. The molecule has 3 nitrogen and oxygen atoms in total. The van der Waals surface area contributed by atoms with E-state index in [4.69, 9.17) is 14.8 Å². The highest BCUT2D eigenvalue weighted by atomic mass is 32.2. The minimum Gasteiger partial charge on any atom is -0.497 e. The van der Waals surface area contributed by atoms with Crippen molar-refractivity contribution in [2.75, 3.05) is 7.11 Å². The maximum absolute atomic E-state index is 9.13. The van der Waals surface area contributed by atoms with Crippen LogP contribution >= 0.6 is 11.8 Å². The van der Waals surface area contributed by atoms with Crippen LogP contribution in [0.1, 0.15) is 5.56 Å². The molecule has 2 aromatic carbocycles. The highest BCUT2D eigenvalue weighted by Gasteiger charge is 2.10. The minimum absolute atomic E-state index is 0.521. The Morgan fingerprint density at radius 2 is 1.84 bits per heavy atom. The van der Waals surface area contributed by atoms with Gasteiger partial charge in [0.2, 0.25) is 0 Å². The van der Waals surface area contributed by atoms with Gasteiger partial charge in [0.1, 0.15) is 5.75 Å². The molecule has 19 heavy (non-hydrogen) atoms. The Hall–Kier alpha value is -1.43. The summed E-state index contributed by atoms with van der Waals surface area (Å²) in [7, 11) is 0.236. The van der Waals surface area contributed by atoms with Gasteiger partial charge in [0.05, 0.1) is 7.11 Å². The zero-order chi connectivity index (χ0) is 13.7. The monoisotopic (exact) mass is 274 g/mol. The second-order valence-corrected chi connectivity index (χ2v) is 5.13. The molecule has 2 rings (SSSR count). The molecule has 0 aliphatic rings. The number of hydrogen-bond donors (Lipinski definition) is 2. The van der Waals surface area contributed by atoms with Crippen LogP contribution < -0.4 is 10.2 Å². The van der Waals surface area contributed by atoms with Crippen molar-refractivity contribution in [2.24, 2.45) is 0 Å². The van der Waals surface area contributed by atoms with E-state index >= 15 is 0 Å². The number of hydrogen-bond acceptors (Lipinski definition) is 4. The predicted octanol–water partition coefficient (Wildman–Crippen LogP) is 1.67. The molecule has 5 heteroatoms. The van der Waals surface area contributed by atoms with Crippen LogP contribution in [0.2, 0.25) is 0 Å². The van der Waals surface area contributed by atoms with Crippen LogP contribution in [0, 0.1) is 0 Å². The summed E-state index contributed by atoms with van der Waals surface area (Å²) in [6.45, 7) is 0. The first kappa shape index (κ1) is 14.0. The smallest absolute Gasteiger partial charge is 0.488 e. The molecule has 0 unspecified atom stereocenters. The first-order valence-corrected chi connectivity index (χ1v) is 6.89. The molecule has 0 aromatic heterocycles. The van der Waals surface area contributed by atoms with Crippen molar-refractivity contribution in [3.63, 3.8) is 0 Å². The van der Waals surface area contributed by atoms with Crippen LogP contribution in [0.3, 0.4) is 0 Å². The summed E-state index contributed by atoms with van der Waals surface area (Å²) in [6, 6.07) is 15.2. The van der Waals surface area contributed by atoms with Crippen LogP contribution in [-0.2, 0) is 5.75 Å². The van der Waals surface area contributed by atoms with Gasteiger partial charge in [0.15, 0.2) is 0 Å². The molecule has 0 saturated heterocycles. The Morgan fingerprint density at radius 3 is 2.47 bits per heavy atom. The van der Waals surface area contributed by atoms with E-state index in [1.807, 2.05) is 36.4 Å². The van der Waals surface area contributed by atoms with Crippen molar-refractivity contribution in [2.45, 2.75) is 10.6 Å². The largest absolute Gasteiger partial charge is 0.497 e. The van der Waals surface area contributed by atoms with Gasteiger partial charge in [-0.05, 0) is 35.3 Å². The Bertz CT molecular complexity index is 528. The van der Waals surface area contributed by atoms with Gasteiger partial charge < -0.3 is 14.8 Å². The van der Waals surface area contributed by atoms with E-state index in [1.165, 1.54) is 0 Å². The quantitative estimate of drug-likeness (QED) is 0.643. The number of methoxy groups -OCH3 is 1. The van der Waals surface area contributed by atoms with Gasteiger partial charge in [-0.15, -0.1) is 11.8 Å². The fraction of sp³-hybridized carbons (Fsp3) is 0.143. The van der Waals surface area contributed by atoms with Gasteiger partial charge in [-0.25, -0.2) is 0 Å². The zero-order valence-corrected chi connectivity index (χ0v) is 11.4. The van der Waals surface area contributed by atoms with E-state index in [0.717, 1.165) is 22.0 Å². The van der Waals surface area contributed by atoms with E-state index in [-0.39, 0.29) is 0 Å². The first-order chi connectivity index (χ1) is 9.19. The molecule has 0 amide bonds. The number of benzene rings is 2. The summed E-state index contributed by atoms with van der Waals surface area (Å²) < 4.78 is 5.11. The van der Waals surface area contributed by atoms with Crippen molar-refractivity contribution in [3.8, 4) is 5.75 Å². The van der Waals surface area contributed by atoms with E-state index in [2.05, 4.69) is 0 Å². The van der Waals surface area contributed by atoms with Gasteiger partial charge in [0, 0.05) is 10.6 Å². The Morgan fingerprint density at radius 1 is 1.11 bits per heavy atom. The molecule has 0 spiro atoms. The maximum atomic E-state index is 9.13. The summed E-state index contributed by atoms with van der Waals surface area (Å²) in [4.78, 5) is 1.15. The number of ether oxygens (including phenoxy) is 1. The summed E-state index contributed by atoms with van der Waals surface area (Å²) in [5.41, 5.74) is 1.58. The third-order valence-electron chi connectivity index (χ3n) is 2.71. The van der Waals surface area contributed by atoms with E-state index in [9.17, 15) is 0 Å². The lowest BCUT2D eigenvalue weighted by molar-refractivity contribution is 0.414. The number of thioether (sulfide) groups is 1. The fourth-order valence-corrected chi connectivity index (χ4v) is 2.52. The maximum Gasteiger partial charge on any atom is 0.488 e. The fourth-order valence-electron chi connectivity index (χ4n) is 1.68. The van der Waals surface area contributed by atoms with Crippen molar-refractivity contribution < 1.29 is 14.8 Å². The van der Waals surface area contributed by atoms with Crippen LogP contribution in [0.5, 0.6) is 5.75 Å². The summed E-state index contributed by atoms with van der Waals surface area (Å²) in [6.07, 6.45) is 0. The Kier molecular flexibility index (Phi) is 4.90. The highest BCUT2D eigenvalue weighted by Crippen LogP contribution is 2.24. The molecule has 0 radical (unpaired) electrons. The molecule has 0 heterocycles. The Balaban J connectivity index is 1.99.